The summed E-state index contributed by atoms with van der Waals surface area (Å²) in [4.78, 5) is 6.77. The fourth-order valence-corrected chi connectivity index (χ4v) is 2.46. The van der Waals surface area contributed by atoms with Crippen LogP contribution >= 0.6 is 35.6 Å². The van der Waals surface area contributed by atoms with Crippen LogP contribution < -0.4 is 10.1 Å². The normalized spacial score (nSPS) is 11.0. The van der Waals surface area contributed by atoms with E-state index >= 15 is 0 Å². The number of hydrogen-bond donors (Lipinski definition) is 1. The van der Waals surface area contributed by atoms with Crippen LogP contribution in [0.2, 0.25) is 5.02 Å². The number of aryl methyl sites for hydroxylation is 1. The van der Waals surface area contributed by atoms with E-state index < -0.39 is 0 Å². The predicted octanol–water partition coefficient (Wildman–Crippen LogP) is 3.31. The molecule has 1 heterocycles. The van der Waals surface area contributed by atoms with Gasteiger partial charge < -0.3 is 19.5 Å². The van der Waals surface area contributed by atoms with E-state index in [0.29, 0.717) is 11.6 Å². The maximum absolute atomic E-state index is 5.88. The lowest BCUT2D eigenvalue weighted by molar-refractivity contribution is 0.281. The minimum atomic E-state index is 0. The third-order valence-electron chi connectivity index (χ3n) is 3.76. The predicted molar refractivity (Wildman–Crippen MR) is 120 cm³/mol. The molecule has 0 aliphatic carbocycles. The van der Waals surface area contributed by atoms with E-state index in [1.54, 1.807) is 12.7 Å². The fourth-order valence-electron chi connectivity index (χ4n) is 2.34. The summed E-state index contributed by atoms with van der Waals surface area (Å²) in [6, 6.07) is 7.40. The van der Waals surface area contributed by atoms with E-state index in [1.165, 1.54) is 0 Å². The second kappa shape index (κ2) is 13.6. The van der Waals surface area contributed by atoms with Gasteiger partial charge in [0, 0.05) is 31.7 Å². The Kier molecular flexibility index (Phi) is 11.8. The molecule has 0 unspecified atom stereocenters. The van der Waals surface area contributed by atoms with Crippen LogP contribution in [0.5, 0.6) is 5.75 Å². The van der Waals surface area contributed by atoms with Crippen molar-refractivity contribution in [2.45, 2.75) is 26.3 Å². The van der Waals surface area contributed by atoms with Gasteiger partial charge in [-0.15, -0.1) is 34.2 Å². The van der Waals surface area contributed by atoms with Crippen LogP contribution in [-0.2, 0) is 6.54 Å². The number of unbranched alkanes of at least 4 members (excludes halogenated alkanes) is 1. The van der Waals surface area contributed by atoms with Crippen molar-refractivity contribution >= 4 is 41.5 Å². The van der Waals surface area contributed by atoms with Crippen LogP contribution in [0.15, 0.2) is 41.9 Å². The second-order valence-electron chi connectivity index (χ2n) is 5.87. The molecule has 150 valence electrons. The summed E-state index contributed by atoms with van der Waals surface area (Å²) in [5.41, 5.74) is 0. The number of rotatable bonds is 10. The van der Waals surface area contributed by atoms with Crippen molar-refractivity contribution in [3.63, 3.8) is 0 Å². The zero-order valence-corrected chi connectivity index (χ0v) is 18.9. The number of hydrogen-bond acceptors (Lipinski definition) is 4. The topological polar surface area (TPSA) is 67.6 Å². The number of aromatic nitrogens is 3. The van der Waals surface area contributed by atoms with Crippen LogP contribution in [0.1, 0.15) is 19.8 Å². The van der Waals surface area contributed by atoms with Crippen molar-refractivity contribution in [3.8, 4) is 5.75 Å². The number of likely N-dealkylation sites (N-methyl/N-ethyl adjacent to an activating group) is 1. The van der Waals surface area contributed by atoms with Crippen LogP contribution in [0.3, 0.4) is 0 Å². The first-order chi connectivity index (χ1) is 12.7. The molecule has 0 atom stereocenters. The summed E-state index contributed by atoms with van der Waals surface area (Å²) < 4.78 is 7.73. The third kappa shape index (κ3) is 9.28. The monoisotopic (exact) mass is 506 g/mol. The van der Waals surface area contributed by atoms with Gasteiger partial charge in [-0.25, -0.2) is 0 Å². The number of guanidine groups is 1. The molecule has 2 rings (SSSR count). The van der Waals surface area contributed by atoms with E-state index in [1.807, 2.05) is 35.9 Å². The average molecular weight is 507 g/mol. The van der Waals surface area contributed by atoms with Gasteiger partial charge in [0.2, 0.25) is 0 Å². The molecule has 0 radical (unpaired) electrons. The Morgan fingerprint density at radius 2 is 1.93 bits per heavy atom. The number of halogens is 2. The van der Waals surface area contributed by atoms with Gasteiger partial charge in [-0.3, -0.25) is 4.99 Å². The number of benzene rings is 1. The van der Waals surface area contributed by atoms with Gasteiger partial charge in [0.25, 0.3) is 0 Å². The maximum Gasteiger partial charge on any atom is 0.193 e. The lowest BCUT2D eigenvalue weighted by Gasteiger charge is -2.22. The average Bonchev–Trinajstić information content (AvgIpc) is 3.15. The van der Waals surface area contributed by atoms with Crippen molar-refractivity contribution in [1.82, 2.24) is 25.0 Å². The molecule has 1 aromatic heterocycles. The summed E-state index contributed by atoms with van der Waals surface area (Å²) in [5, 5.41) is 11.6. The van der Waals surface area contributed by atoms with Crippen molar-refractivity contribution in [2.75, 3.05) is 33.3 Å². The highest BCUT2D eigenvalue weighted by Crippen LogP contribution is 2.15. The molecule has 0 saturated heterocycles. The molecular weight excluding hydrogens is 479 g/mol. The first-order valence-corrected chi connectivity index (χ1v) is 9.27. The molecule has 0 fully saturated rings. The standard InChI is InChI=1S/C18H27ClN6O.HI/c1-3-20-18(21-10-4-5-11-25-14-22-23-15-25)24(2)12-13-26-17-8-6-16(19)7-9-17;/h6-9,14-15H,3-5,10-13H2,1-2H3,(H,20,21);1H. The Balaban J connectivity index is 0.00000364. The second-order valence-corrected chi connectivity index (χ2v) is 6.30. The summed E-state index contributed by atoms with van der Waals surface area (Å²) in [5.74, 6) is 1.72. The van der Waals surface area contributed by atoms with E-state index in [-0.39, 0.29) is 24.0 Å². The maximum atomic E-state index is 5.88. The molecular formula is C18H28ClIN6O. The van der Waals surface area contributed by atoms with Gasteiger partial charge in [-0.05, 0) is 44.0 Å². The van der Waals surface area contributed by atoms with E-state index in [9.17, 15) is 0 Å². The molecule has 0 aliphatic rings. The van der Waals surface area contributed by atoms with E-state index in [2.05, 4.69) is 32.3 Å². The molecule has 0 spiro atoms. The molecule has 0 amide bonds. The molecule has 2 aromatic rings. The van der Waals surface area contributed by atoms with Crippen LogP contribution in [0, 0.1) is 0 Å². The number of aliphatic imine (C=N–C) groups is 1. The van der Waals surface area contributed by atoms with Crippen LogP contribution in [0.4, 0.5) is 0 Å². The van der Waals surface area contributed by atoms with E-state index in [4.69, 9.17) is 16.3 Å². The molecule has 0 saturated carbocycles. The van der Waals surface area contributed by atoms with Crippen LogP contribution in [0.25, 0.3) is 0 Å². The Hall–Kier alpha value is -1.55. The van der Waals surface area contributed by atoms with Crippen molar-refractivity contribution in [2.24, 2.45) is 4.99 Å². The number of nitrogens with one attached hydrogen (secondary N) is 1. The van der Waals surface area contributed by atoms with Crippen molar-refractivity contribution in [3.05, 3.63) is 41.9 Å². The molecule has 27 heavy (non-hydrogen) atoms. The van der Waals surface area contributed by atoms with E-state index in [0.717, 1.165) is 50.7 Å². The molecule has 7 nitrogen and oxygen atoms in total. The first kappa shape index (κ1) is 23.5. The largest absolute Gasteiger partial charge is 0.492 e. The quantitative estimate of drug-likeness (QED) is 0.232. The summed E-state index contributed by atoms with van der Waals surface area (Å²) in [7, 11) is 2.02. The van der Waals surface area contributed by atoms with Gasteiger partial charge in [-0.1, -0.05) is 11.6 Å². The molecule has 1 aromatic carbocycles. The van der Waals surface area contributed by atoms with Gasteiger partial charge in [0.15, 0.2) is 5.96 Å². The van der Waals surface area contributed by atoms with Gasteiger partial charge in [0.1, 0.15) is 25.0 Å². The zero-order chi connectivity index (χ0) is 18.6. The van der Waals surface area contributed by atoms with Gasteiger partial charge in [0.05, 0.1) is 6.54 Å². The fraction of sp³-hybridized carbons (Fsp3) is 0.500. The van der Waals surface area contributed by atoms with Gasteiger partial charge >= 0.3 is 0 Å². The minimum absolute atomic E-state index is 0. The highest BCUT2D eigenvalue weighted by molar-refractivity contribution is 14.0. The summed E-state index contributed by atoms with van der Waals surface area (Å²) in [6.45, 7) is 5.93. The third-order valence-corrected chi connectivity index (χ3v) is 4.01. The number of ether oxygens (including phenoxy) is 1. The highest BCUT2D eigenvalue weighted by Gasteiger charge is 2.05. The van der Waals surface area contributed by atoms with Crippen molar-refractivity contribution in [1.29, 1.82) is 0 Å². The van der Waals surface area contributed by atoms with Crippen LogP contribution in [-0.4, -0.2) is 58.9 Å². The molecule has 1 N–H and O–H groups in total. The highest BCUT2D eigenvalue weighted by atomic mass is 127. The minimum Gasteiger partial charge on any atom is -0.492 e. The zero-order valence-electron chi connectivity index (χ0n) is 15.8. The summed E-state index contributed by atoms with van der Waals surface area (Å²) >= 11 is 5.88. The lowest BCUT2D eigenvalue weighted by atomic mass is 10.3. The molecule has 0 bridgehead atoms. The summed E-state index contributed by atoms with van der Waals surface area (Å²) in [6.07, 6.45) is 5.54. The molecule has 9 heteroatoms. The Labute approximate surface area is 183 Å². The molecule has 0 aliphatic heterocycles. The Morgan fingerprint density at radius 1 is 1.22 bits per heavy atom. The lowest BCUT2D eigenvalue weighted by Crippen LogP contribution is -2.41. The van der Waals surface area contributed by atoms with Crippen molar-refractivity contribution < 1.29 is 4.74 Å². The SMILES string of the molecule is CCNC(=NCCCCn1cnnc1)N(C)CCOc1ccc(Cl)cc1.I. The first-order valence-electron chi connectivity index (χ1n) is 8.89. The smallest absolute Gasteiger partial charge is 0.193 e. The Morgan fingerprint density at radius 3 is 2.59 bits per heavy atom. The van der Waals surface area contributed by atoms with Gasteiger partial charge in [-0.2, -0.15) is 0 Å². The Bertz CT molecular complexity index is 650. The number of nitrogens with zero attached hydrogens (tertiary/aromatic N) is 5.